The lowest BCUT2D eigenvalue weighted by Gasteiger charge is -2.17. The van der Waals surface area contributed by atoms with Gasteiger partial charge in [-0.3, -0.25) is 4.79 Å². The molecule has 2 heterocycles. The number of thiophene rings is 1. The fraction of sp³-hybridized carbons (Fsp3) is 0.600. The zero-order chi connectivity index (χ0) is 17.9. The molecule has 1 aliphatic heterocycles. The monoisotopic (exact) mass is 374 g/mol. The second-order valence-electron chi connectivity index (χ2n) is 6.14. The van der Waals surface area contributed by atoms with Gasteiger partial charge in [0.15, 0.2) is 0 Å². The van der Waals surface area contributed by atoms with Gasteiger partial charge in [-0.1, -0.05) is 13.8 Å². The quantitative estimate of drug-likeness (QED) is 0.749. The fourth-order valence-corrected chi connectivity index (χ4v) is 5.57. The number of hydrogen-bond acceptors (Lipinski definition) is 5. The van der Waals surface area contributed by atoms with Crippen LogP contribution in [0.25, 0.3) is 0 Å². The van der Waals surface area contributed by atoms with E-state index < -0.39 is 27.9 Å². The predicted molar refractivity (Wildman–Crippen MR) is 90.4 cm³/mol. The molecular formula is C15H22N2O5S2. The number of hydrogen-bond donors (Lipinski definition) is 2. The molecule has 1 aromatic heterocycles. The highest BCUT2D eigenvalue weighted by Crippen LogP contribution is 2.27. The van der Waals surface area contributed by atoms with E-state index in [9.17, 15) is 18.0 Å². The van der Waals surface area contributed by atoms with E-state index in [0.717, 1.165) is 24.2 Å². The summed E-state index contributed by atoms with van der Waals surface area (Å²) in [4.78, 5) is 23.7. The molecule has 1 saturated heterocycles. The van der Waals surface area contributed by atoms with Crippen LogP contribution in [0.5, 0.6) is 0 Å². The molecule has 24 heavy (non-hydrogen) atoms. The highest BCUT2D eigenvalue weighted by Gasteiger charge is 2.29. The maximum absolute atomic E-state index is 12.4. The minimum atomic E-state index is -3.48. The van der Waals surface area contributed by atoms with Gasteiger partial charge in [0.25, 0.3) is 10.0 Å². The molecule has 1 aliphatic rings. The van der Waals surface area contributed by atoms with Crippen LogP contribution in [0.4, 0.5) is 0 Å². The van der Waals surface area contributed by atoms with Crippen LogP contribution < -0.4 is 5.32 Å². The summed E-state index contributed by atoms with van der Waals surface area (Å²) in [5, 5.41) is 11.6. The van der Waals surface area contributed by atoms with Gasteiger partial charge in [0.05, 0.1) is 6.42 Å². The van der Waals surface area contributed by atoms with Crippen molar-refractivity contribution in [1.82, 2.24) is 9.62 Å². The average molecular weight is 374 g/mol. The van der Waals surface area contributed by atoms with Crippen molar-refractivity contribution in [3.05, 3.63) is 17.0 Å². The summed E-state index contributed by atoms with van der Waals surface area (Å²) in [6.07, 6.45) is 1.70. The molecule has 2 N–H and O–H groups in total. The molecule has 0 bridgehead atoms. The first-order valence-corrected chi connectivity index (χ1v) is 10.1. The van der Waals surface area contributed by atoms with Crippen molar-refractivity contribution in [1.29, 1.82) is 0 Å². The van der Waals surface area contributed by atoms with Crippen LogP contribution in [0, 0.1) is 5.92 Å². The van der Waals surface area contributed by atoms with E-state index >= 15 is 0 Å². The number of nitrogens with one attached hydrogen (secondary N) is 1. The van der Waals surface area contributed by atoms with Crippen LogP contribution in [0.15, 0.2) is 16.3 Å². The summed E-state index contributed by atoms with van der Waals surface area (Å²) in [5.41, 5.74) is 0. The number of carboxylic acid groups (broad SMARTS) is 1. The lowest BCUT2D eigenvalue weighted by Crippen LogP contribution is -2.44. The van der Waals surface area contributed by atoms with Crippen LogP contribution in [0.2, 0.25) is 0 Å². The molecule has 2 rings (SSSR count). The minimum absolute atomic E-state index is 0.0311. The van der Waals surface area contributed by atoms with Gasteiger partial charge in [0.2, 0.25) is 5.91 Å². The summed E-state index contributed by atoms with van der Waals surface area (Å²) < 4.78 is 26.6. The molecule has 1 aromatic rings. The molecule has 1 fully saturated rings. The van der Waals surface area contributed by atoms with Gasteiger partial charge in [-0.15, -0.1) is 11.3 Å². The first kappa shape index (κ1) is 18.9. The van der Waals surface area contributed by atoms with Gasteiger partial charge in [0.1, 0.15) is 10.3 Å². The van der Waals surface area contributed by atoms with Crippen molar-refractivity contribution >= 4 is 33.2 Å². The van der Waals surface area contributed by atoms with E-state index in [4.69, 9.17) is 5.11 Å². The Morgan fingerprint density at radius 3 is 2.46 bits per heavy atom. The van der Waals surface area contributed by atoms with Gasteiger partial charge in [0, 0.05) is 18.0 Å². The van der Waals surface area contributed by atoms with E-state index in [-0.39, 0.29) is 16.5 Å². The lowest BCUT2D eigenvalue weighted by atomic mass is 10.0. The van der Waals surface area contributed by atoms with Crippen LogP contribution in [0.1, 0.15) is 31.6 Å². The Bertz CT molecular complexity index is 705. The molecule has 1 amide bonds. The van der Waals surface area contributed by atoms with Crippen molar-refractivity contribution < 1.29 is 23.1 Å². The minimum Gasteiger partial charge on any atom is -0.480 e. The standard InChI is InChI=1S/C15H22N2O5S2/c1-10(2)14(15(19)20)16-12(18)9-11-5-6-13(23-11)24(21,22)17-7-3-4-8-17/h5-6,10,14H,3-4,7-9H2,1-2H3,(H,16,18)(H,19,20)/t14-/m1/s1. The third kappa shape index (κ3) is 4.34. The molecule has 0 radical (unpaired) electrons. The largest absolute Gasteiger partial charge is 0.480 e. The number of amides is 1. The van der Waals surface area contributed by atoms with Gasteiger partial charge >= 0.3 is 5.97 Å². The van der Waals surface area contributed by atoms with Crippen LogP contribution in [-0.2, 0) is 26.0 Å². The Morgan fingerprint density at radius 1 is 1.29 bits per heavy atom. The molecule has 0 unspecified atom stereocenters. The smallest absolute Gasteiger partial charge is 0.326 e. The molecular weight excluding hydrogens is 352 g/mol. The molecule has 1 atom stereocenters. The fourth-order valence-electron chi connectivity index (χ4n) is 2.54. The number of carboxylic acids is 1. The maximum atomic E-state index is 12.4. The van der Waals surface area contributed by atoms with Gasteiger partial charge < -0.3 is 10.4 Å². The average Bonchev–Trinajstić information content (AvgIpc) is 3.15. The zero-order valence-electron chi connectivity index (χ0n) is 13.7. The number of sulfonamides is 1. The summed E-state index contributed by atoms with van der Waals surface area (Å²) in [5.74, 6) is -1.74. The van der Waals surface area contributed by atoms with E-state index in [1.807, 2.05) is 0 Å². The number of aliphatic carboxylic acids is 1. The molecule has 0 spiro atoms. The van der Waals surface area contributed by atoms with Crippen molar-refractivity contribution in [2.45, 2.75) is 43.4 Å². The first-order valence-electron chi connectivity index (χ1n) is 7.83. The summed E-state index contributed by atoms with van der Waals surface area (Å²) in [6.45, 7) is 4.49. The molecule has 0 aliphatic carbocycles. The van der Waals surface area contributed by atoms with Crippen LogP contribution in [-0.4, -0.2) is 48.8 Å². The highest BCUT2D eigenvalue weighted by molar-refractivity contribution is 7.91. The van der Waals surface area contributed by atoms with Gasteiger partial charge in [-0.05, 0) is 30.9 Å². The maximum Gasteiger partial charge on any atom is 0.326 e. The van der Waals surface area contributed by atoms with E-state index in [2.05, 4.69) is 5.32 Å². The van der Waals surface area contributed by atoms with E-state index in [0.29, 0.717) is 18.0 Å². The predicted octanol–water partition coefficient (Wildman–Crippen LogP) is 1.30. The molecule has 7 nitrogen and oxygen atoms in total. The highest BCUT2D eigenvalue weighted by atomic mass is 32.2. The van der Waals surface area contributed by atoms with Crippen LogP contribution >= 0.6 is 11.3 Å². The van der Waals surface area contributed by atoms with Gasteiger partial charge in [-0.25, -0.2) is 13.2 Å². The summed E-state index contributed by atoms with van der Waals surface area (Å²) in [7, 11) is -3.48. The molecule has 0 saturated carbocycles. The zero-order valence-corrected chi connectivity index (χ0v) is 15.3. The SMILES string of the molecule is CC(C)[C@@H](NC(=O)Cc1ccc(S(=O)(=O)N2CCCC2)s1)C(=O)O. The molecule has 0 aromatic carbocycles. The number of rotatable bonds is 7. The number of carbonyl (C=O) groups is 2. The van der Waals surface area contributed by atoms with Crippen molar-refractivity contribution in [3.63, 3.8) is 0 Å². The molecule has 9 heteroatoms. The Morgan fingerprint density at radius 2 is 1.92 bits per heavy atom. The second kappa shape index (κ2) is 7.62. The third-order valence-electron chi connectivity index (χ3n) is 3.88. The van der Waals surface area contributed by atoms with Crippen molar-refractivity contribution in [3.8, 4) is 0 Å². The van der Waals surface area contributed by atoms with Crippen molar-refractivity contribution in [2.75, 3.05) is 13.1 Å². The number of nitrogens with zero attached hydrogens (tertiary/aromatic N) is 1. The Balaban J connectivity index is 2.03. The Labute approximate surface area is 145 Å². The third-order valence-corrected chi connectivity index (χ3v) is 7.33. The van der Waals surface area contributed by atoms with Gasteiger partial charge in [-0.2, -0.15) is 4.31 Å². The topological polar surface area (TPSA) is 104 Å². The molecule has 134 valence electrons. The second-order valence-corrected chi connectivity index (χ2v) is 9.47. The number of carbonyl (C=O) groups excluding carboxylic acids is 1. The lowest BCUT2D eigenvalue weighted by molar-refractivity contribution is -0.143. The van der Waals surface area contributed by atoms with E-state index in [1.165, 1.54) is 10.4 Å². The van der Waals surface area contributed by atoms with Crippen LogP contribution in [0.3, 0.4) is 0 Å². The Kier molecular flexibility index (Phi) is 6.00. The van der Waals surface area contributed by atoms with E-state index in [1.54, 1.807) is 19.9 Å². The first-order chi connectivity index (χ1) is 11.2. The summed E-state index contributed by atoms with van der Waals surface area (Å²) in [6, 6.07) is 2.17. The summed E-state index contributed by atoms with van der Waals surface area (Å²) >= 11 is 1.06. The Hall–Kier alpha value is -1.45. The van der Waals surface area contributed by atoms with Crippen molar-refractivity contribution in [2.24, 2.45) is 5.92 Å². The normalized spacial score (nSPS) is 17.1.